The number of aromatic nitrogens is 1. The van der Waals surface area contributed by atoms with Crippen LogP contribution in [0.25, 0.3) is 10.2 Å². The van der Waals surface area contributed by atoms with E-state index >= 15 is 0 Å². The molecule has 0 N–H and O–H groups in total. The molecule has 4 rings (SSSR count). The average Bonchev–Trinajstić information content (AvgIpc) is 3.53. The van der Waals surface area contributed by atoms with Gasteiger partial charge in [0.05, 0.1) is 9.60 Å². The first-order chi connectivity index (χ1) is 16.3. The standard InChI is InChI=1S/C24H29FN4O3S2.ClH/c1-3-27(4-2)16-17-29(24-26-22-20(25)8-7-9-21(22)33-24)23(30)18-10-12-19(13-11-18)34(31,32)28-14-5-6-15-28;/h7-13H,3-6,14-17H2,1-2H3;1H. The summed E-state index contributed by atoms with van der Waals surface area (Å²) in [4.78, 5) is 21.9. The first-order valence-electron chi connectivity index (χ1n) is 11.5. The number of carbonyl (C=O) groups is 1. The van der Waals surface area contributed by atoms with E-state index in [1.807, 2.05) is 0 Å². The summed E-state index contributed by atoms with van der Waals surface area (Å²) in [5.41, 5.74) is 0.606. The molecule has 0 bridgehead atoms. The highest BCUT2D eigenvalue weighted by molar-refractivity contribution is 7.89. The zero-order chi connectivity index (χ0) is 24.3. The summed E-state index contributed by atoms with van der Waals surface area (Å²) < 4.78 is 42.1. The van der Waals surface area contributed by atoms with Gasteiger partial charge in [-0.05, 0) is 62.3 Å². The van der Waals surface area contributed by atoms with Gasteiger partial charge in [-0.15, -0.1) is 12.4 Å². The van der Waals surface area contributed by atoms with Crippen LogP contribution in [0.4, 0.5) is 9.52 Å². The van der Waals surface area contributed by atoms with Crippen LogP contribution in [-0.4, -0.2) is 67.8 Å². The van der Waals surface area contributed by atoms with Crippen molar-refractivity contribution in [3.8, 4) is 0 Å². The lowest BCUT2D eigenvalue weighted by molar-refractivity contribution is 0.0983. The lowest BCUT2D eigenvalue weighted by atomic mass is 10.2. The fraction of sp³-hybridized carbons (Fsp3) is 0.417. The molecule has 2 heterocycles. The molecule has 1 fully saturated rings. The van der Waals surface area contributed by atoms with Gasteiger partial charge in [0.2, 0.25) is 10.0 Å². The minimum atomic E-state index is -3.55. The highest BCUT2D eigenvalue weighted by Gasteiger charge is 2.28. The SMILES string of the molecule is CCN(CC)CCN(C(=O)c1ccc(S(=O)(=O)N2CCCC2)cc1)c1nc2c(F)cccc2s1.Cl. The van der Waals surface area contributed by atoms with Crippen molar-refractivity contribution >= 4 is 55.0 Å². The number of anilines is 1. The molecular weight excluding hydrogens is 511 g/mol. The topological polar surface area (TPSA) is 73.8 Å². The Kier molecular flexibility index (Phi) is 9.22. The van der Waals surface area contributed by atoms with Crippen LogP contribution in [0.15, 0.2) is 47.4 Å². The van der Waals surface area contributed by atoms with Gasteiger partial charge in [0.25, 0.3) is 5.91 Å². The number of hydrogen-bond donors (Lipinski definition) is 0. The number of halogens is 2. The molecule has 7 nitrogen and oxygen atoms in total. The van der Waals surface area contributed by atoms with Crippen molar-refractivity contribution in [2.45, 2.75) is 31.6 Å². The summed E-state index contributed by atoms with van der Waals surface area (Å²) in [6.07, 6.45) is 1.72. The zero-order valence-electron chi connectivity index (χ0n) is 19.8. The molecule has 3 aromatic rings. The fourth-order valence-electron chi connectivity index (χ4n) is 4.09. The van der Waals surface area contributed by atoms with Gasteiger partial charge in [0, 0.05) is 31.7 Å². The first kappa shape index (κ1) is 27.5. The van der Waals surface area contributed by atoms with Gasteiger partial charge >= 0.3 is 0 Å². The number of benzene rings is 2. The number of amides is 1. The lowest BCUT2D eigenvalue weighted by Crippen LogP contribution is -2.38. The number of thiazole rings is 1. The second-order valence-electron chi connectivity index (χ2n) is 8.20. The van der Waals surface area contributed by atoms with Gasteiger partial charge in [0.15, 0.2) is 5.13 Å². The molecule has 0 spiro atoms. The van der Waals surface area contributed by atoms with Crippen LogP contribution in [0.1, 0.15) is 37.0 Å². The third-order valence-corrected chi connectivity index (χ3v) is 9.13. The molecule has 1 aromatic heterocycles. The van der Waals surface area contributed by atoms with E-state index in [2.05, 4.69) is 23.7 Å². The highest BCUT2D eigenvalue weighted by atomic mass is 35.5. The molecule has 190 valence electrons. The Balaban J connectivity index is 0.00000342. The van der Waals surface area contributed by atoms with Crippen LogP contribution in [0.2, 0.25) is 0 Å². The number of nitrogens with zero attached hydrogens (tertiary/aromatic N) is 4. The second kappa shape index (κ2) is 11.7. The Morgan fingerprint density at radius 1 is 1.06 bits per heavy atom. The molecule has 2 aromatic carbocycles. The number of para-hydroxylation sites is 1. The van der Waals surface area contributed by atoms with Gasteiger partial charge in [-0.1, -0.05) is 31.3 Å². The van der Waals surface area contributed by atoms with Crippen LogP contribution >= 0.6 is 23.7 Å². The number of sulfonamides is 1. The highest BCUT2D eigenvalue weighted by Crippen LogP contribution is 2.31. The Morgan fingerprint density at radius 2 is 1.71 bits per heavy atom. The third kappa shape index (κ3) is 5.83. The predicted molar refractivity (Wildman–Crippen MR) is 141 cm³/mol. The van der Waals surface area contributed by atoms with E-state index in [1.165, 1.54) is 33.8 Å². The number of hydrogen-bond acceptors (Lipinski definition) is 6. The molecule has 35 heavy (non-hydrogen) atoms. The van der Waals surface area contributed by atoms with Crippen LogP contribution in [0, 0.1) is 5.82 Å². The third-order valence-electron chi connectivity index (χ3n) is 6.17. The maximum absolute atomic E-state index is 14.3. The van der Waals surface area contributed by atoms with Crippen LogP contribution < -0.4 is 4.90 Å². The summed E-state index contributed by atoms with van der Waals surface area (Å²) in [6, 6.07) is 10.8. The quantitative estimate of drug-likeness (QED) is 0.395. The first-order valence-corrected chi connectivity index (χ1v) is 13.8. The zero-order valence-corrected chi connectivity index (χ0v) is 22.3. The minimum Gasteiger partial charge on any atom is -0.302 e. The van der Waals surface area contributed by atoms with Gasteiger partial charge < -0.3 is 4.90 Å². The Labute approximate surface area is 216 Å². The Morgan fingerprint density at radius 3 is 2.31 bits per heavy atom. The van der Waals surface area contributed by atoms with Crippen LogP contribution in [-0.2, 0) is 10.0 Å². The van der Waals surface area contributed by atoms with Crippen LogP contribution in [0.3, 0.4) is 0 Å². The van der Waals surface area contributed by atoms with Gasteiger partial charge in [-0.3, -0.25) is 9.69 Å². The maximum Gasteiger partial charge on any atom is 0.260 e. The van der Waals surface area contributed by atoms with Crippen molar-refractivity contribution < 1.29 is 17.6 Å². The van der Waals surface area contributed by atoms with E-state index in [0.29, 0.717) is 41.6 Å². The minimum absolute atomic E-state index is 0. The molecule has 0 unspecified atom stereocenters. The maximum atomic E-state index is 14.3. The van der Waals surface area contributed by atoms with Gasteiger partial charge in [-0.25, -0.2) is 17.8 Å². The molecule has 0 atom stereocenters. The molecular formula is C24H30ClFN4O3S2. The van der Waals surface area contributed by atoms with Crippen molar-refractivity contribution in [2.75, 3.05) is 44.2 Å². The van der Waals surface area contributed by atoms with E-state index in [0.717, 1.165) is 25.9 Å². The summed E-state index contributed by atoms with van der Waals surface area (Å²) >= 11 is 1.27. The van der Waals surface area contributed by atoms with Gasteiger partial charge in [0.1, 0.15) is 11.3 Å². The summed E-state index contributed by atoms with van der Waals surface area (Å²) in [6.45, 7) is 7.87. The van der Waals surface area contributed by atoms with Crippen LogP contribution in [0.5, 0.6) is 0 Å². The molecule has 1 amide bonds. The van der Waals surface area contributed by atoms with Crippen molar-refractivity contribution in [1.82, 2.24) is 14.2 Å². The summed E-state index contributed by atoms with van der Waals surface area (Å²) in [5.74, 6) is -0.718. The molecule has 1 aliphatic heterocycles. The van der Waals surface area contributed by atoms with Crippen molar-refractivity contribution in [2.24, 2.45) is 0 Å². The largest absolute Gasteiger partial charge is 0.302 e. The fourth-order valence-corrected chi connectivity index (χ4v) is 6.61. The molecule has 0 aliphatic carbocycles. The number of likely N-dealkylation sites (N-methyl/N-ethyl adjacent to an activating group) is 1. The second-order valence-corrected chi connectivity index (χ2v) is 11.1. The van der Waals surface area contributed by atoms with Crippen molar-refractivity contribution in [1.29, 1.82) is 0 Å². The van der Waals surface area contributed by atoms with E-state index in [1.54, 1.807) is 29.2 Å². The normalized spacial score (nSPS) is 14.4. The predicted octanol–water partition coefficient (Wildman–Crippen LogP) is 4.63. The summed E-state index contributed by atoms with van der Waals surface area (Å²) in [7, 11) is -3.55. The number of carbonyl (C=O) groups excluding carboxylic acids is 1. The molecule has 11 heteroatoms. The lowest BCUT2D eigenvalue weighted by Gasteiger charge is -2.25. The molecule has 0 radical (unpaired) electrons. The van der Waals surface area contributed by atoms with Crippen molar-refractivity contribution in [3.63, 3.8) is 0 Å². The molecule has 1 saturated heterocycles. The Hall–Kier alpha value is -2.11. The van der Waals surface area contributed by atoms with E-state index in [4.69, 9.17) is 0 Å². The number of rotatable bonds is 9. The summed E-state index contributed by atoms with van der Waals surface area (Å²) in [5, 5.41) is 0.422. The van der Waals surface area contributed by atoms with E-state index in [-0.39, 0.29) is 28.7 Å². The van der Waals surface area contributed by atoms with E-state index < -0.39 is 15.8 Å². The average molecular weight is 541 g/mol. The Bertz CT molecular complexity index is 1260. The molecule has 1 aliphatic rings. The van der Waals surface area contributed by atoms with Crippen molar-refractivity contribution in [3.05, 3.63) is 53.8 Å². The van der Waals surface area contributed by atoms with E-state index in [9.17, 15) is 17.6 Å². The number of fused-ring (bicyclic) bond motifs is 1. The smallest absolute Gasteiger partial charge is 0.260 e. The van der Waals surface area contributed by atoms with Gasteiger partial charge in [-0.2, -0.15) is 4.31 Å². The molecule has 0 saturated carbocycles. The monoisotopic (exact) mass is 540 g/mol.